The molecule has 2 rings (SSSR count). The third-order valence-corrected chi connectivity index (χ3v) is 5.14. The van der Waals surface area contributed by atoms with Crippen LogP contribution in [0, 0.1) is 6.92 Å². The van der Waals surface area contributed by atoms with Crippen molar-refractivity contribution in [2.75, 3.05) is 7.05 Å². The van der Waals surface area contributed by atoms with Gasteiger partial charge in [-0.2, -0.15) is 0 Å². The normalized spacial score (nSPS) is 12.7. The van der Waals surface area contributed by atoms with Crippen LogP contribution in [0.15, 0.2) is 34.1 Å². The van der Waals surface area contributed by atoms with Crippen LogP contribution in [0.5, 0.6) is 0 Å². The van der Waals surface area contributed by atoms with Crippen LogP contribution >= 0.6 is 38.9 Å². The minimum Gasteiger partial charge on any atom is -0.313 e. The van der Waals surface area contributed by atoms with Crippen molar-refractivity contribution in [1.29, 1.82) is 0 Å². The smallest absolute Gasteiger partial charge is 0.0701 e. The molecule has 0 aliphatic heterocycles. The predicted octanol–water partition coefficient (Wildman–Crippen LogP) is 4.98. The van der Waals surface area contributed by atoms with Crippen LogP contribution < -0.4 is 5.32 Å². The molecule has 1 unspecified atom stereocenters. The summed E-state index contributed by atoms with van der Waals surface area (Å²) in [6.45, 7) is 2.04. The summed E-state index contributed by atoms with van der Waals surface area (Å²) in [5.41, 5.74) is 2.30. The maximum Gasteiger partial charge on any atom is 0.0701 e. The average Bonchev–Trinajstić information content (AvgIpc) is 2.76. The second-order valence-corrected chi connectivity index (χ2v) is 7.15. The van der Waals surface area contributed by atoms with Crippen LogP contribution in [-0.2, 0) is 6.42 Å². The molecule has 2 aromatic rings. The van der Waals surface area contributed by atoms with Crippen molar-refractivity contribution in [2.45, 2.75) is 19.4 Å². The first-order valence-electron chi connectivity index (χ1n) is 5.78. The highest BCUT2D eigenvalue weighted by atomic mass is 79.9. The second kappa shape index (κ2) is 6.20. The molecule has 0 spiro atoms. The van der Waals surface area contributed by atoms with Gasteiger partial charge in [0.05, 0.1) is 3.79 Å². The highest BCUT2D eigenvalue weighted by Crippen LogP contribution is 2.31. The van der Waals surface area contributed by atoms with Gasteiger partial charge in [0.2, 0.25) is 0 Å². The van der Waals surface area contributed by atoms with Gasteiger partial charge in [0.1, 0.15) is 0 Å². The fourth-order valence-corrected chi connectivity index (χ4v) is 3.76. The largest absolute Gasteiger partial charge is 0.313 e. The zero-order valence-corrected chi connectivity index (χ0v) is 13.5. The van der Waals surface area contributed by atoms with Crippen molar-refractivity contribution < 1.29 is 0 Å². The Bertz CT molecular complexity index is 538. The third-order valence-electron chi connectivity index (χ3n) is 2.98. The van der Waals surface area contributed by atoms with Gasteiger partial charge >= 0.3 is 0 Å². The SMILES string of the molecule is CNC(Cc1ccc(Br)s1)c1cccc(C)c1Cl. The Morgan fingerprint density at radius 1 is 1.33 bits per heavy atom. The predicted molar refractivity (Wildman–Crippen MR) is 83.7 cm³/mol. The number of benzene rings is 1. The summed E-state index contributed by atoms with van der Waals surface area (Å²) < 4.78 is 1.17. The van der Waals surface area contributed by atoms with Crippen LogP contribution in [0.2, 0.25) is 5.02 Å². The first-order chi connectivity index (χ1) is 8.61. The van der Waals surface area contributed by atoms with E-state index < -0.39 is 0 Å². The molecule has 0 saturated heterocycles. The lowest BCUT2D eigenvalue weighted by molar-refractivity contribution is 0.596. The molecule has 1 aromatic carbocycles. The molecule has 1 heterocycles. The number of nitrogens with one attached hydrogen (secondary N) is 1. The molecule has 4 heteroatoms. The van der Waals surface area contributed by atoms with Gasteiger partial charge in [-0.05, 0) is 53.2 Å². The molecule has 1 aromatic heterocycles. The Morgan fingerprint density at radius 2 is 2.11 bits per heavy atom. The van der Waals surface area contributed by atoms with Crippen LogP contribution in [-0.4, -0.2) is 7.05 Å². The van der Waals surface area contributed by atoms with E-state index in [1.54, 1.807) is 11.3 Å². The molecular weight excluding hydrogens is 330 g/mol. The lowest BCUT2D eigenvalue weighted by Gasteiger charge is -2.18. The molecule has 0 radical (unpaired) electrons. The quantitative estimate of drug-likeness (QED) is 0.825. The first kappa shape index (κ1) is 14.1. The van der Waals surface area contributed by atoms with Gasteiger partial charge in [0, 0.05) is 22.4 Å². The highest BCUT2D eigenvalue weighted by molar-refractivity contribution is 9.11. The molecule has 0 amide bonds. The number of aryl methyl sites for hydroxylation is 1. The maximum atomic E-state index is 6.39. The molecule has 0 bridgehead atoms. The Balaban J connectivity index is 2.25. The van der Waals surface area contributed by atoms with Gasteiger partial charge in [-0.25, -0.2) is 0 Å². The molecule has 0 aliphatic carbocycles. The first-order valence-corrected chi connectivity index (χ1v) is 7.77. The minimum atomic E-state index is 0.253. The number of rotatable bonds is 4. The number of hydrogen-bond donors (Lipinski definition) is 1. The van der Waals surface area contributed by atoms with Crippen molar-refractivity contribution in [3.05, 3.63) is 55.1 Å². The third kappa shape index (κ3) is 3.15. The van der Waals surface area contributed by atoms with Gasteiger partial charge in [-0.1, -0.05) is 29.8 Å². The van der Waals surface area contributed by atoms with E-state index in [0.717, 1.165) is 17.0 Å². The summed E-state index contributed by atoms with van der Waals surface area (Å²) in [7, 11) is 1.98. The molecule has 0 saturated carbocycles. The van der Waals surface area contributed by atoms with E-state index in [1.165, 1.54) is 14.2 Å². The van der Waals surface area contributed by atoms with Crippen molar-refractivity contribution >= 4 is 38.9 Å². The summed E-state index contributed by atoms with van der Waals surface area (Å²) >= 11 is 11.7. The zero-order valence-electron chi connectivity index (χ0n) is 10.3. The number of hydrogen-bond acceptors (Lipinski definition) is 2. The van der Waals surface area contributed by atoms with Crippen molar-refractivity contribution in [3.63, 3.8) is 0 Å². The van der Waals surface area contributed by atoms with Crippen LogP contribution in [0.3, 0.4) is 0 Å². The van der Waals surface area contributed by atoms with E-state index in [2.05, 4.69) is 45.5 Å². The van der Waals surface area contributed by atoms with E-state index in [1.807, 2.05) is 20.0 Å². The maximum absolute atomic E-state index is 6.39. The van der Waals surface area contributed by atoms with Gasteiger partial charge < -0.3 is 5.32 Å². The lowest BCUT2D eigenvalue weighted by Crippen LogP contribution is -2.19. The zero-order chi connectivity index (χ0) is 13.1. The summed E-state index contributed by atoms with van der Waals surface area (Å²) in [5.74, 6) is 0. The topological polar surface area (TPSA) is 12.0 Å². The van der Waals surface area contributed by atoms with E-state index >= 15 is 0 Å². The standard InChI is InChI=1S/C14H15BrClNS/c1-9-4-3-5-11(14(9)16)12(17-2)8-10-6-7-13(15)18-10/h3-7,12,17H,8H2,1-2H3. The Labute approximate surface area is 125 Å². The van der Waals surface area contributed by atoms with Gasteiger partial charge in [-0.3, -0.25) is 0 Å². The van der Waals surface area contributed by atoms with Crippen molar-refractivity contribution in [1.82, 2.24) is 5.32 Å². The lowest BCUT2D eigenvalue weighted by atomic mass is 10.0. The molecule has 1 nitrogen and oxygen atoms in total. The van der Waals surface area contributed by atoms with Gasteiger partial charge in [0.25, 0.3) is 0 Å². The summed E-state index contributed by atoms with van der Waals surface area (Å²) in [5, 5.41) is 4.22. The summed E-state index contributed by atoms with van der Waals surface area (Å²) in [4.78, 5) is 1.35. The molecule has 0 aliphatic rings. The van der Waals surface area contributed by atoms with Crippen LogP contribution in [0.4, 0.5) is 0 Å². The van der Waals surface area contributed by atoms with Gasteiger partial charge in [0.15, 0.2) is 0 Å². The Morgan fingerprint density at radius 3 is 2.72 bits per heavy atom. The van der Waals surface area contributed by atoms with Crippen LogP contribution in [0.1, 0.15) is 22.0 Å². The summed E-state index contributed by atoms with van der Waals surface area (Å²) in [6, 6.07) is 10.7. The molecule has 1 atom stereocenters. The monoisotopic (exact) mass is 343 g/mol. The Kier molecular flexibility index (Phi) is 4.84. The second-order valence-electron chi connectivity index (χ2n) is 4.23. The van der Waals surface area contributed by atoms with Gasteiger partial charge in [-0.15, -0.1) is 11.3 Å². The van der Waals surface area contributed by atoms with Crippen molar-refractivity contribution in [3.8, 4) is 0 Å². The Hall–Kier alpha value is -0.350. The summed E-state index contributed by atoms with van der Waals surface area (Å²) in [6.07, 6.45) is 0.954. The van der Waals surface area contributed by atoms with E-state index in [9.17, 15) is 0 Å². The number of thiophene rings is 1. The van der Waals surface area contributed by atoms with E-state index in [0.29, 0.717) is 0 Å². The molecular formula is C14H15BrClNS. The highest BCUT2D eigenvalue weighted by Gasteiger charge is 2.15. The van der Waals surface area contributed by atoms with Crippen LogP contribution in [0.25, 0.3) is 0 Å². The fourth-order valence-electron chi connectivity index (χ4n) is 1.97. The molecule has 96 valence electrons. The number of likely N-dealkylation sites (N-methyl/N-ethyl adjacent to an activating group) is 1. The minimum absolute atomic E-state index is 0.253. The van der Waals surface area contributed by atoms with E-state index in [4.69, 9.17) is 11.6 Å². The van der Waals surface area contributed by atoms with E-state index in [-0.39, 0.29) is 6.04 Å². The fraction of sp³-hybridized carbons (Fsp3) is 0.286. The van der Waals surface area contributed by atoms with Crippen molar-refractivity contribution in [2.24, 2.45) is 0 Å². The molecule has 18 heavy (non-hydrogen) atoms. The molecule has 0 fully saturated rings. The average molecular weight is 345 g/mol. The molecule has 1 N–H and O–H groups in total. The number of halogens is 2.